The van der Waals surface area contributed by atoms with Crippen LogP contribution in [0.15, 0.2) is 30.5 Å². The zero-order chi connectivity index (χ0) is 14.4. The van der Waals surface area contributed by atoms with Crippen LogP contribution in [0, 0.1) is 6.92 Å². The Morgan fingerprint density at radius 3 is 2.85 bits per heavy atom. The third-order valence-electron chi connectivity index (χ3n) is 3.01. The van der Waals surface area contributed by atoms with Gasteiger partial charge in [-0.15, -0.1) is 0 Å². The fourth-order valence-corrected chi connectivity index (χ4v) is 1.96. The van der Waals surface area contributed by atoms with E-state index >= 15 is 0 Å². The highest BCUT2D eigenvalue weighted by atomic mass is 16.5. The minimum Gasteiger partial charge on any atom is -0.494 e. The van der Waals surface area contributed by atoms with Crippen LogP contribution in [0.4, 0.5) is 0 Å². The monoisotopic (exact) mass is 275 g/mol. The Balaban J connectivity index is 2.10. The highest BCUT2D eigenvalue weighted by molar-refractivity contribution is 5.48. The molecule has 5 nitrogen and oxygen atoms in total. The van der Waals surface area contributed by atoms with Crippen molar-refractivity contribution in [1.29, 1.82) is 0 Å². The fraction of sp³-hybridized carbons (Fsp3) is 0.400. The molecule has 1 N–H and O–H groups in total. The van der Waals surface area contributed by atoms with Crippen LogP contribution in [0.1, 0.15) is 11.3 Å². The van der Waals surface area contributed by atoms with E-state index in [-0.39, 0.29) is 0 Å². The average Bonchev–Trinajstić information content (AvgIpc) is 2.92. The second kappa shape index (κ2) is 7.07. The molecule has 0 aliphatic rings. The predicted molar refractivity (Wildman–Crippen MR) is 78.4 cm³/mol. The minimum absolute atomic E-state index is 0.701. The van der Waals surface area contributed by atoms with Gasteiger partial charge in [-0.3, -0.25) is 0 Å². The molecule has 0 saturated heterocycles. The van der Waals surface area contributed by atoms with Gasteiger partial charge in [0.05, 0.1) is 19.4 Å². The lowest BCUT2D eigenvalue weighted by Gasteiger charge is -2.09. The normalized spacial score (nSPS) is 10.8. The summed E-state index contributed by atoms with van der Waals surface area (Å²) in [5.41, 5.74) is 3.12. The summed E-state index contributed by atoms with van der Waals surface area (Å²) >= 11 is 0. The third kappa shape index (κ3) is 3.59. The number of aromatic nitrogens is 2. The Hall–Kier alpha value is -1.85. The quantitative estimate of drug-likeness (QED) is 0.784. The zero-order valence-corrected chi connectivity index (χ0v) is 12.2. The molecule has 0 spiro atoms. The molecule has 0 fully saturated rings. The van der Waals surface area contributed by atoms with Crippen molar-refractivity contribution in [2.45, 2.75) is 13.5 Å². The number of hydrogen-bond donors (Lipinski definition) is 1. The van der Waals surface area contributed by atoms with E-state index in [0.29, 0.717) is 6.61 Å². The molecule has 0 bridgehead atoms. The van der Waals surface area contributed by atoms with E-state index in [2.05, 4.69) is 23.4 Å². The lowest BCUT2D eigenvalue weighted by Crippen LogP contribution is -2.18. The molecular weight excluding hydrogens is 254 g/mol. The smallest absolute Gasteiger partial charge is 0.144 e. The van der Waals surface area contributed by atoms with Crippen LogP contribution >= 0.6 is 0 Å². The topological polar surface area (TPSA) is 48.3 Å². The van der Waals surface area contributed by atoms with E-state index in [9.17, 15) is 0 Å². The largest absolute Gasteiger partial charge is 0.494 e. The van der Waals surface area contributed by atoms with E-state index < -0.39 is 0 Å². The number of rotatable bonds is 7. The molecule has 0 aliphatic heterocycles. The van der Waals surface area contributed by atoms with Crippen LogP contribution in [0.2, 0.25) is 0 Å². The number of aryl methyl sites for hydroxylation is 1. The first-order valence-electron chi connectivity index (χ1n) is 6.64. The summed E-state index contributed by atoms with van der Waals surface area (Å²) < 4.78 is 12.2. The molecule has 2 aromatic rings. The fourth-order valence-electron chi connectivity index (χ4n) is 1.96. The van der Waals surface area contributed by atoms with Crippen LogP contribution in [0.3, 0.4) is 0 Å². The van der Waals surface area contributed by atoms with E-state index in [0.717, 1.165) is 30.2 Å². The molecule has 0 radical (unpaired) electrons. The Morgan fingerprint density at radius 2 is 2.10 bits per heavy atom. The van der Waals surface area contributed by atoms with E-state index in [1.807, 2.05) is 29.1 Å². The van der Waals surface area contributed by atoms with E-state index in [4.69, 9.17) is 9.47 Å². The molecule has 108 valence electrons. The molecule has 0 unspecified atom stereocenters. The van der Waals surface area contributed by atoms with Crippen LogP contribution < -0.4 is 10.1 Å². The van der Waals surface area contributed by atoms with Crippen molar-refractivity contribution in [1.82, 2.24) is 15.1 Å². The van der Waals surface area contributed by atoms with Gasteiger partial charge in [-0.25, -0.2) is 4.68 Å². The summed E-state index contributed by atoms with van der Waals surface area (Å²) in [5, 5.41) is 7.84. The van der Waals surface area contributed by atoms with Crippen molar-refractivity contribution in [2.75, 3.05) is 27.4 Å². The van der Waals surface area contributed by atoms with Gasteiger partial charge in [0, 0.05) is 26.4 Å². The molecule has 0 atom stereocenters. The Morgan fingerprint density at radius 1 is 1.25 bits per heavy atom. The van der Waals surface area contributed by atoms with Crippen LogP contribution in [0.5, 0.6) is 5.75 Å². The maximum atomic E-state index is 5.38. The molecule has 1 aromatic heterocycles. The summed E-state index contributed by atoms with van der Waals surface area (Å²) in [6.45, 7) is 4.30. The standard InChI is InChI=1S/C15H21N3O2/c1-12-4-5-15(20-3)14(10-12)18-8-6-13(17-18)11-16-7-9-19-2/h4-6,8,10,16H,7,9,11H2,1-3H3. The molecular formula is C15H21N3O2. The molecule has 2 rings (SSSR count). The van der Waals surface area contributed by atoms with E-state index in [1.54, 1.807) is 14.2 Å². The number of hydrogen-bond acceptors (Lipinski definition) is 4. The van der Waals surface area contributed by atoms with Crippen LogP contribution in [-0.2, 0) is 11.3 Å². The summed E-state index contributed by atoms with van der Waals surface area (Å²) in [4.78, 5) is 0. The highest BCUT2D eigenvalue weighted by Gasteiger charge is 2.07. The number of benzene rings is 1. The van der Waals surface area contributed by atoms with Crippen LogP contribution in [0.25, 0.3) is 5.69 Å². The van der Waals surface area contributed by atoms with Gasteiger partial charge in [-0.2, -0.15) is 5.10 Å². The summed E-state index contributed by atoms with van der Waals surface area (Å²) in [6.07, 6.45) is 1.95. The maximum Gasteiger partial charge on any atom is 0.144 e. The summed E-state index contributed by atoms with van der Waals surface area (Å²) in [6, 6.07) is 8.05. The van der Waals surface area contributed by atoms with Crippen LogP contribution in [-0.4, -0.2) is 37.2 Å². The van der Waals surface area contributed by atoms with Gasteiger partial charge in [0.25, 0.3) is 0 Å². The number of ether oxygens (including phenoxy) is 2. The molecule has 0 saturated carbocycles. The van der Waals surface area contributed by atoms with Gasteiger partial charge < -0.3 is 14.8 Å². The zero-order valence-electron chi connectivity index (χ0n) is 12.2. The molecule has 0 aliphatic carbocycles. The molecule has 1 aromatic carbocycles. The van der Waals surface area contributed by atoms with Crippen molar-refractivity contribution < 1.29 is 9.47 Å². The number of nitrogens with zero attached hydrogens (tertiary/aromatic N) is 2. The second-order valence-corrected chi connectivity index (χ2v) is 4.60. The lowest BCUT2D eigenvalue weighted by molar-refractivity contribution is 0.199. The van der Waals surface area contributed by atoms with Gasteiger partial charge in [-0.1, -0.05) is 6.07 Å². The van der Waals surface area contributed by atoms with Crippen molar-refractivity contribution in [3.05, 3.63) is 41.7 Å². The predicted octanol–water partition coefficient (Wildman–Crippen LogP) is 1.93. The van der Waals surface area contributed by atoms with Crippen molar-refractivity contribution in [3.63, 3.8) is 0 Å². The van der Waals surface area contributed by atoms with Gasteiger partial charge in [-0.05, 0) is 30.7 Å². The molecule has 20 heavy (non-hydrogen) atoms. The van der Waals surface area contributed by atoms with Crippen molar-refractivity contribution >= 4 is 0 Å². The van der Waals surface area contributed by atoms with Gasteiger partial charge >= 0.3 is 0 Å². The summed E-state index contributed by atoms with van der Waals surface area (Å²) in [5.74, 6) is 0.817. The molecule has 0 amide bonds. The van der Waals surface area contributed by atoms with Gasteiger partial charge in [0.1, 0.15) is 11.4 Å². The third-order valence-corrected chi connectivity index (χ3v) is 3.01. The Labute approximate surface area is 119 Å². The molecule has 5 heteroatoms. The number of methoxy groups -OCH3 is 2. The highest BCUT2D eigenvalue weighted by Crippen LogP contribution is 2.23. The molecule has 1 heterocycles. The van der Waals surface area contributed by atoms with Gasteiger partial charge in [0.15, 0.2) is 0 Å². The second-order valence-electron chi connectivity index (χ2n) is 4.60. The lowest BCUT2D eigenvalue weighted by atomic mass is 10.2. The Kier molecular flexibility index (Phi) is 5.15. The first-order valence-corrected chi connectivity index (χ1v) is 6.64. The average molecular weight is 275 g/mol. The maximum absolute atomic E-state index is 5.38. The number of nitrogens with one attached hydrogen (secondary N) is 1. The minimum atomic E-state index is 0.701. The van der Waals surface area contributed by atoms with Gasteiger partial charge in [0.2, 0.25) is 0 Å². The van der Waals surface area contributed by atoms with E-state index in [1.165, 1.54) is 5.56 Å². The first kappa shape index (κ1) is 14.6. The van der Waals surface area contributed by atoms with Crippen molar-refractivity contribution in [3.8, 4) is 11.4 Å². The van der Waals surface area contributed by atoms with Crippen molar-refractivity contribution in [2.24, 2.45) is 0 Å². The SMILES string of the molecule is COCCNCc1ccn(-c2cc(C)ccc2OC)n1. The summed E-state index contributed by atoms with van der Waals surface area (Å²) in [7, 11) is 3.37. The first-order chi connectivity index (χ1) is 9.74. The Bertz CT molecular complexity index is 552.